The smallest absolute Gasteiger partial charge is 0.323 e. The van der Waals surface area contributed by atoms with E-state index in [1.165, 1.54) is 33.1 Å². The van der Waals surface area contributed by atoms with Gasteiger partial charge in [-0.15, -0.1) is 0 Å². The van der Waals surface area contributed by atoms with Crippen molar-refractivity contribution >= 4 is 23.7 Å². The van der Waals surface area contributed by atoms with Crippen molar-refractivity contribution in [2.45, 2.75) is 81.3 Å². The highest BCUT2D eigenvalue weighted by Crippen LogP contribution is 2.56. The van der Waals surface area contributed by atoms with Crippen LogP contribution in [0.5, 0.6) is 0 Å². The molecule has 3 aliphatic rings. The van der Waals surface area contributed by atoms with Gasteiger partial charge in [-0.05, 0) is 58.8 Å². The van der Waals surface area contributed by atoms with Crippen LogP contribution in [-0.2, 0) is 14.3 Å². The van der Waals surface area contributed by atoms with E-state index in [-0.39, 0.29) is 0 Å². The van der Waals surface area contributed by atoms with Gasteiger partial charge in [-0.2, -0.15) is 11.8 Å². The highest BCUT2D eigenvalue weighted by atomic mass is 32.2. The molecule has 0 amide bonds. The topological polar surface area (TPSA) is 63.6 Å². The third-order valence-corrected chi connectivity index (χ3v) is 7.55. The molecule has 2 heterocycles. The van der Waals surface area contributed by atoms with Crippen LogP contribution in [0.4, 0.5) is 0 Å². The minimum Gasteiger partial charge on any atom is -0.480 e. The zero-order valence-corrected chi connectivity index (χ0v) is 14.3. The van der Waals surface area contributed by atoms with Gasteiger partial charge >= 0.3 is 11.9 Å². The van der Waals surface area contributed by atoms with Crippen LogP contribution in [0.15, 0.2) is 0 Å². The lowest BCUT2D eigenvalue weighted by atomic mass is 9.69. The number of hydrogen-bond acceptors (Lipinski definition) is 4. The molecule has 0 spiro atoms. The van der Waals surface area contributed by atoms with E-state index in [2.05, 4.69) is 11.8 Å². The average molecular weight is 326 g/mol. The summed E-state index contributed by atoms with van der Waals surface area (Å²) in [6, 6.07) is 0. The summed E-state index contributed by atoms with van der Waals surface area (Å²) < 4.78 is 6.01. The molecule has 4 nitrogen and oxygen atoms in total. The Hall–Kier alpha value is -0.710. The molecule has 1 saturated carbocycles. The highest BCUT2D eigenvalue weighted by Gasteiger charge is 2.55. The summed E-state index contributed by atoms with van der Waals surface area (Å²) in [6.07, 6.45) is 8.81. The molecule has 2 bridgehead atoms. The summed E-state index contributed by atoms with van der Waals surface area (Å²) in [7, 11) is 0. The Bertz CT molecular complexity index is 467. The SMILES string of the molecule is CC(C)(C(=O)O)C(=O)OC1(C2CC3CCC2S3)CCCCC1. The maximum absolute atomic E-state index is 12.5. The zero-order chi connectivity index (χ0) is 16.0. The first-order chi connectivity index (χ1) is 10.3. The molecule has 0 radical (unpaired) electrons. The third kappa shape index (κ3) is 2.66. The monoisotopic (exact) mass is 326 g/mol. The van der Waals surface area contributed by atoms with E-state index in [0.29, 0.717) is 11.2 Å². The lowest BCUT2D eigenvalue weighted by molar-refractivity contribution is -0.187. The Morgan fingerprint density at radius 2 is 1.86 bits per heavy atom. The largest absolute Gasteiger partial charge is 0.480 e. The molecule has 3 atom stereocenters. The molecule has 124 valence electrons. The van der Waals surface area contributed by atoms with Gasteiger partial charge in [0.05, 0.1) is 0 Å². The van der Waals surface area contributed by atoms with E-state index in [1.54, 1.807) is 0 Å². The lowest BCUT2D eigenvalue weighted by Crippen LogP contribution is -2.50. The number of carbonyl (C=O) groups is 2. The van der Waals surface area contributed by atoms with Crippen molar-refractivity contribution < 1.29 is 19.4 Å². The molecule has 2 saturated heterocycles. The molecule has 1 aliphatic carbocycles. The van der Waals surface area contributed by atoms with Crippen molar-refractivity contribution in [3.05, 3.63) is 0 Å². The van der Waals surface area contributed by atoms with Gasteiger partial charge in [-0.25, -0.2) is 0 Å². The number of thioether (sulfide) groups is 1. The van der Waals surface area contributed by atoms with Crippen LogP contribution in [0.2, 0.25) is 0 Å². The fourth-order valence-corrected chi connectivity index (χ4v) is 6.20. The van der Waals surface area contributed by atoms with E-state index in [1.807, 2.05) is 0 Å². The first kappa shape index (κ1) is 16.2. The zero-order valence-electron chi connectivity index (χ0n) is 13.5. The Kier molecular flexibility index (Phi) is 4.21. The van der Waals surface area contributed by atoms with Crippen LogP contribution < -0.4 is 0 Å². The lowest BCUT2D eigenvalue weighted by Gasteiger charge is -2.45. The highest BCUT2D eigenvalue weighted by molar-refractivity contribution is 8.01. The maximum atomic E-state index is 12.5. The minimum absolute atomic E-state index is 0.408. The predicted molar refractivity (Wildman–Crippen MR) is 85.8 cm³/mol. The average Bonchev–Trinajstić information content (AvgIpc) is 3.11. The van der Waals surface area contributed by atoms with Crippen LogP contribution in [0.3, 0.4) is 0 Å². The van der Waals surface area contributed by atoms with Crippen molar-refractivity contribution in [2.75, 3.05) is 0 Å². The van der Waals surface area contributed by atoms with Gasteiger partial charge in [-0.1, -0.05) is 6.42 Å². The molecular formula is C17H26O4S. The number of hydrogen-bond donors (Lipinski definition) is 1. The van der Waals surface area contributed by atoms with Crippen LogP contribution in [0.25, 0.3) is 0 Å². The van der Waals surface area contributed by atoms with Gasteiger partial charge in [0, 0.05) is 16.4 Å². The van der Waals surface area contributed by atoms with Crippen molar-refractivity contribution in [2.24, 2.45) is 11.3 Å². The quantitative estimate of drug-likeness (QED) is 0.631. The molecular weight excluding hydrogens is 300 g/mol. The number of esters is 1. The maximum Gasteiger partial charge on any atom is 0.323 e. The summed E-state index contributed by atoms with van der Waals surface area (Å²) >= 11 is 2.07. The summed E-state index contributed by atoms with van der Waals surface area (Å²) in [4.78, 5) is 23.9. The Balaban J connectivity index is 1.81. The molecule has 1 N–H and O–H groups in total. The van der Waals surface area contributed by atoms with Crippen LogP contribution in [-0.4, -0.2) is 33.1 Å². The molecule has 0 aromatic carbocycles. The summed E-state index contributed by atoms with van der Waals surface area (Å²) in [5, 5.41) is 10.6. The van der Waals surface area contributed by atoms with Gasteiger partial charge in [-0.3, -0.25) is 9.59 Å². The van der Waals surface area contributed by atoms with E-state index >= 15 is 0 Å². The Morgan fingerprint density at radius 1 is 1.18 bits per heavy atom. The Labute approximate surface area is 136 Å². The van der Waals surface area contributed by atoms with Crippen molar-refractivity contribution in [1.29, 1.82) is 0 Å². The molecule has 0 aromatic heterocycles. The molecule has 3 unspecified atom stereocenters. The summed E-state index contributed by atoms with van der Waals surface area (Å²) in [5.74, 6) is -1.24. The van der Waals surface area contributed by atoms with Crippen molar-refractivity contribution in [1.82, 2.24) is 0 Å². The molecule has 3 rings (SSSR count). The third-order valence-electron chi connectivity index (χ3n) is 5.82. The normalized spacial score (nSPS) is 33.6. The van der Waals surface area contributed by atoms with E-state index < -0.39 is 23.0 Å². The molecule has 22 heavy (non-hydrogen) atoms. The summed E-state index contributed by atoms with van der Waals surface area (Å²) in [5.41, 5.74) is -1.87. The fourth-order valence-electron chi connectivity index (χ4n) is 4.29. The molecule has 5 heteroatoms. The number of carbonyl (C=O) groups excluding carboxylic acids is 1. The van der Waals surface area contributed by atoms with Gasteiger partial charge in [0.1, 0.15) is 5.60 Å². The first-order valence-corrected chi connectivity index (χ1v) is 9.42. The van der Waals surface area contributed by atoms with Crippen molar-refractivity contribution in [3.63, 3.8) is 0 Å². The molecule has 2 aliphatic heterocycles. The van der Waals surface area contributed by atoms with Gasteiger partial charge < -0.3 is 9.84 Å². The van der Waals surface area contributed by atoms with E-state index in [4.69, 9.17) is 4.74 Å². The number of carboxylic acids is 1. The van der Waals surface area contributed by atoms with E-state index in [9.17, 15) is 14.7 Å². The second-order valence-corrected chi connectivity index (χ2v) is 9.21. The fraction of sp³-hybridized carbons (Fsp3) is 0.882. The minimum atomic E-state index is -1.46. The van der Waals surface area contributed by atoms with Crippen LogP contribution in [0, 0.1) is 11.3 Å². The number of fused-ring (bicyclic) bond motifs is 2. The second kappa shape index (κ2) is 5.73. The van der Waals surface area contributed by atoms with Gasteiger partial charge in [0.15, 0.2) is 5.41 Å². The van der Waals surface area contributed by atoms with Crippen LogP contribution in [0.1, 0.15) is 65.2 Å². The van der Waals surface area contributed by atoms with Crippen molar-refractivity contribution in [3.8, 4) is 0 Å². The molecule has 0 aromatic rings. The summed E-state index contributed by atoms with van der Waals surface area (Å²) in [6.45, 7) is 2.90. The van der Waals surface area contributed by atoms with Crippen LogP contribution >= 0.6 is 11.8 Å². The standard InChI is InChI=1S/C17H26O4S/c1-16(2,14(18)19)15(20)21-17(8-4-3-5-9-17)12-10-11-6-7-13(12)22-11/h11-13H,3-10H2,1-2H3,(H,18,19). The second-order valence-electron chi connectivity index (χ2n) is 7.66. The number of aliphatic carboxylic acids is 1. The number of carboxylic acid groups (broad SMARTS) is 1. The Morgan fingerprint density at radius 3 is 2.36 bits per heavy atom. The van der Waals surface area contributed by atoms with Gasteiger partial charge in [0.25, 0.3) is 0 Å². The molecule has 3 fully saturated rings. The van der Waals surface area contributed by atoms with E-state index in [0.717, 1.165) is 37.4 Å². The first-order valence-electron chi connectivity index (χ1n) is 8.47. The predicted octanol–water partition coefficient (Wildman–Crippen LogP) is 3.63. The number of rotatable bonds is 4. The number of ether oxygens (including phenoxy) is 1. The van der Waals surface area contributed by atoms with Gasteiger partial charge in [0.2, 0.25) is 0 Å².